The average Bonchev–Trinajstić information content (AvgIpc) is 2.85. The molecular formula is C14H22. The lowest BCUT2D eigenvalue weighted by Crippen LogP contribution is -2.04. The van der Waals surface area contributed by atoms with Crippen LogP contribution in [0, 0.1) is 5.41 Å². The van der Waals surface area contributed by atoms with E-state index in [9.17, 15) is 0 Å². The summed E-state index contributed by atoms with van der Waals surface area (Å²) >= 11 is 0. The first-order valence-corrected chi connectivity index (χ1v) is 6.03. The number of hydrogen-bond donors (Lipinski definition) is 0. The van der Waals surface area contributed by atoms with Crippen LogP contribution in [0.2, 0.25) is 0 Å². The van der Waals surface area contributed by atoms with E-state index in [0.29, 0.717) is 5.41 Å². The highest BCUT2D eigenvalue weighted by Crippen LogP contribution is 2.51. The van der Waals surface area contributed by atoms with E-state index in [4.69, 9.17) is 0 Å². The molecule has 1 fully saturated rings. The van der Waals surface area contributed by atoms with Gasteiger partial charge in [-0.15, -0.1) is 0 Å². The average molecular weight is 190 g/mol. The fourth-order valence-electron chi connectivity index (χ4n) is 2.70. The summed E-state index contributed by atoms with van der Waals surface area (Å²) in [6.07, 6.45) is 10.9. The molecule has 2 aliphatic carbocycles. The summed E-state index contributed by atoms with van der Waals surface area (Å²) in [5.74, 6) is 0. The van der Waals surface area contributed by atoms with Gasteiger partial charge in [-0.1, -0.05) is 35.6 Å². The van der Waals surface area contributed by atoms with Crippen LogP contribution in [0.15, 0.2) is 22.8 Å². The topological polar surface area (TPSA) is 0 Å². The van der Waals surface area contributed by atoms with Crippen molar-refractivity contribution in [1.82, 2.24) is 0 Å². The Bertz CT molecular complexity index is 283. The van der Waals surface area contributed by atoms with Gasteiger partial charge in [0.05, 0.1) is 0 Å². The maximum absolute atomic E-state index is 2.42. The maximum atomic E-state index is 2.42. The van der Waals surface area contributed by atoms with Gasteiger partial charge in [-0.2, -0.15) is 0 Å². The van der Waals surface area contributed by atoms with Crippen molar-refractivity contribution in [3.05, 3.63) is 22.8 Å². The van der Waals surface area contributed by atoms with Crippen LogP contribution in [0.25, 0.3) is 0 Å². The molecule has 0 aromatic rings. The highest BCUT2D eigenvalue weighted by molar-refractivity contribution is 5.48. The summed E-state index contributed by atoms with van der Waals surface area (Å²) in [7, 11) is 0. The van der Waals surface area contributed by atoms with Crippen LogP contribution in [-0.2, 0) is 0 Å². The number of rotatable bonds is 1. The summed E-state index contributed by atoms with van der Waals surface area (Å²) < 4.78 is 0. The molecule has 0 saturated heterocycles. The van der Waals surface area contributed by atoms with Crippen molar-refractivity contribution in [1.29, 1.82) is 0 Å². The molecule has 78 valence electrons. The lowest BCUT2D eigenvalue weighted by atomic mass is 9.87. The zero-order valence-corrected chi connectivity index (χ0v) is 9.82. The minimum absolute atomic E-state index is 0.389. The Morgan fingerprint density at radius 3 is 2.07 bits per heavy atom. The van der Waals surface area contributed by atoms with Gasteiger partial charge in [0.2, 0.25) is 0 Å². The molecule has 1 saturated carbocycles. The second kappa shape index (κ2) is 3.56. The summed E-state index contributed by atoms with van der Waals surface area (Å²) in [5.41, 5.74) is 5.39. The molecule has 0 N–H and O–H groups in total. The van der Waals surface area contributed by atoms with Crippen LogP contribution in [-0.4, -0.2) is 0 Å². The van der Waals surface area contributed by atoms with Crippen molar-refractivity contribution in [3.63, 3.8) is 0 Å². The molecule has 0 aliphatic heterocycles. The molecule has 0 nitrogen and oxygen atoms in total. The fraction of sp³-hybridized carbons (Fsp3) is 0.714. The monoisotopic (exact) mass is 190 g/mol. The third kappa shape index (κ3) is 1.67. The third-order valence-corrected chi connectivity index (χ3v) is 4.26. The van der Waals surface area contributed by atoms with E-state index in [0.717, 1.165) is 0 Å². The van der Waals surface area contributed by atoms with Gasteiger partial charge in [0.1, 0.15) is 0 Å². The predicted octanol–water partition coefficient (Wildman–Crippen LogP) is 4.62. The van der Waals surface area contributed by atoms with Crippen molar-refractivity contribution >= 4 is 0 Å². The standard InChI is InChI=1S/C14H22/c1-11-10-14(11,3)12(2)13-8-6-4-5-7-9-13/h10H,4-9H2,1-3H3. The molecule has 0 aromatic carbocycles. The molecule has 0 heteroatoms. The lowest BCUT2D eigenvalue weighted by molar-refractivity contribution is 0.696. The Kier molecular flexibility index (Phi) is 2.55. The van der Waals surface area contributed by atoms with Crippen LogP contribution in [0.3, 0.4) is 0 Å². The van der Waals surface area contributed by atoms with E-state index < -0.39 is 0 Å². The Labute approximate surface area is 88.1 Å². The van der Waals surface area contributed by atoms with Crippen molar-refractivity contribution in [2.45, 2.75) is 59.3 Å². The quantitative estimate of drug-likeness (QED) is 0.418. The first kappa shape index (κ1) is 10.0. The minimum Gasteiger partial charge on any atom is -0.0704 e. The Morgan fingerprint density at radius 1 is 1.14 bits per heavy atom. The van der Waals surface area contributed by atoms with Crippen LogP contribution in [0.1, 0.15) is 59.3 Å². The van der Waals surface area contributed by atoms with Gasteiger partial charge in [-0.25, -0.2) is 0 Å². The normalized spacial score (nSPS) is 32.2. The van der Waals surface area contributed by atoms with Gasteiger partial charge in [-0.05, 0) is 46.5 Å². The third-order valence-electron chi connectivity index (χ3n) is 4.26. The smallest absolute Gasteiger partial charge is 0.0272 e. The molecule has 0 radical (unpaired) electrons. The molecule has 0 spiro atoms. The van der Waals surface area contributed by atoms with E-state index >= 15 is 0 Å². The summed E-state index contributed by atoms with van der Waals surface area (Å²) in [6.45, 7) is 6.99. The van der Waals surface area contributed by atoms with E-state index in [1.54, 1.807) is 16.7 Å². The molecule has 2 aliphatic rings. The first-order valence-electron chi connectivity index (χ1n) is 6.03. The van der Waals surface area contributed by atoms with Crippen LogP contribution >= 0.6 is 0 Å². The molecule has 0 aromatic heterocycles. The molecule has 0 amide bonds. The van der Waals surface area contributed by atoms with E-state index in [-0.39, 0.29) is 0 Å². The summed E-state index contributed by atoms with van der Waals surface area (Å²) in [4.78, 5) is 0. The highest BCUT2D eigenvalue weighted by atomic mass is 14.4. The fourth-order valence-corrected chi connectivity index (χ4v) is 2.70. The lowest BCUT2D eigenvalue weighted by Gasteiger charge is -2.17. The molecule has 14 heavy (non-hydrogen) atoms. The van der Waals surface area contributed by atoms with Gasteiger partial charge in [0.15, 0.2) is 0 Å². The van der Waals surface area contributed by atoms with Crippen molar-refractivity contribution in [2.24, 2.45) is 5.41 Å². The molecule has 1 unspecified atom stereocenters. The maximum Gasteiger partial charge on any atom is 0.0272 e. The van der Waals surface area contributed by atoms with Crippen LogP contribution in [0.4, 0.5) is 0 Å². The molecule has 0 bridgehead atoms. The summed E-state index contributed by atoms with van der Waals surface area (Å²) in [5, 5.41) is 0. The van der Waals surface area contributed by atoms with E-state index in [1.165, 1.54) is 38.5 Å². The SMILES string of the molecule is CC1=CC1(C)C(C)=C1CCCCCC1. The largest absolute Gasteiger partial charge is 0.0704 e. The Morgan fingerprint density at radius 2 is 1.64 bits per heavy atom. The van der Waals surface area contributed by atoms with Gasteiger partial charge in [0.25, 0.3) is 0 Å². The number of hydrogen-bond acceptors (Lipinski definition) is 0. The first-order chi connectivity index (χ1) is 6.64. The highest BCUT2D eigenvalue weighted by Gasteiger charge is 2.38. The van der Waals surface area contributed by atoms with Gasteiger partial charge < -0.3 is 0 Å². The predicted molar refractivity (Wildman–Crippen MR) is 62.3 cm³/mol. The van der Waals surface area contributed by atoms with Crippen molar-refractivity contribution in [2.75, 3.05) is 0 Å². The zero-order chi connectivity index (χ0) is 10.2. The van der Waals surface area contributed by atoms with E-state index in [1.807, 2.05) is 0 Å². The minimum atomic E-state index is 0.389. The zero-order valence-electron chi connectivity index (χ0n) is 9.82. The van der Waals surface area contributed by atoms with Crippen LogP contribution in [0.5, 0.6) is 0 Å². The number of allylic oxidation sites excluding steroid dienone is 4. The molecule has 0 heterocycles. The Hall–Kier alpha value is -0.520. The summed E-state index contributed by atoms with van der Waals surface area (Å²) in [6, 6.07) is 0. The van der Waals surface area contributed by atoms with Gasteiger partial charge >= 0.3 is 0 Å². The van der Waals surface area contributed by atoms with Crippen LogP contribution < -0.4 is 0 Å². The van der Waals surface area contributed by atoms with Crippen molar-refractivity contribution in [3.8, 4) is 0 Å². The molecule has 2 rings (SSSR count). The second-order valence-electron chi connectivity index (χ2n) is 5.17. The van der Waals surface area contributed by atoms with E-state index in [2.05, 4.69) is 26.8 Å². The van der Waals surface area contributed by atoms with Gasteiger partial charge in [-0.3, -0.25) is 0 Å². The second-order valence-corrected chi connectivity index (χ2v) is 5.17. The Balaban J connectivity index is 2.13. The molecule has 1 atom stereocenters. The van der Waals surface area contributed by atoms with Crippen molar-refractivity contribution < 1.29 is 0 Å². The molecular weight excluding hydrogens is 168 g/mol. The van der Waals surface area contributed by atoms with Gasteiger partial charge in [0, 0.05) is 5.41 Å².